The summed E-state index contributed by atoms with van der Waals surface area (Å²) in [6.07, 6.45) is 1.58. The normalized spacial score (nSPS) is 10.9. The molecule has 1 amide bonds. The lowest BCUT2D eigenvalue weighted by Crippen LogP contribution is -2.24. The van der Waals surface area contributed by atoms with Crippen LogP contribution in [0.15, 0.2) is 65.8 Å². The number of hydrogen-bond donors (Lipinski definition) is 1. The third kappa shape index (κ3) is 4.77. The van der Waals surface area contributed by atoms with Gasteiger partial charge < -0.3 is 9.47 Å². The molecule has 0 aliphatic carbocycles. The van der Waals surface area contributed by atoms with E-state index in [4.69, 9.17) is 21.1 Å². The molecule has 0 radical (unpaired) electrons. The number of para-hydroxylation sites is 1. The van der Waals surface area contributed by atoms with E-state index in [1.165, 1.54) is 0 Å². The number of nitrogens with zero attached hydrogens (tertiary/aromatic N) is 1. The molecule has 1 N–H and O–H groups in total. The van der Waals surface area contributed by atoms with Gasteiger partial charge in [-0.2, -0.15) is 5.10 Å². The van der Waals surface area contributed by atoms with Crippen molar-refractivity contribution in [3.63, 3.8) is 0 Å². The highest BCUT2D eigenvalue weighted by molar-refractivity contribution is 6.32. The van der Waals surface area contributed by atoms with Crippen molar-refractivity contribution in [3.05, 3.63) is 71.2 Å². The van der Waals surface area contributed by atoms with Gasteiger partial charge in [0.05, 0.1) is 17.8 Å². The molecule has 27 heavy (non-hydrogen) atoms. The number of benzene rings is 3. The first kappa shape index (κ1) is 18.7. The first-order chi connectivity index (χ1) is 13.2. The fraction of sp³-hybridized carbons (Fsp3) is 0.143. The molecule has 0 spiro atoms. The lowest BCUT2D eigenvalue weighted by Gasteiger charge is -2.10. The molecule has 0 aliphatic rings. The fourth-order valence-electron chi connectivity index (χ4n) is 2.60. The molecule has 3 aromatic carbocycles. The van der Waals surface area contributed by atoms with E-state index in [2.05, 4.69) is 10.5 Å². The highest BCUT2D eigenvalue weighted by Crippen LogP contribution is 2.26. The maximum atomic E-state index is 12.0. The molecule has 0 heterocycles. The second-order valence-electron chi connectivity index (χ2n) is 5.64. The molecule has 3 rings (SSSR count). The van der Waals surface area contributed by atoms with Crippen LogP contribution in [0.3, 0.4) is 0 Å². The molecule has 0 saturated carbocycles. The van der Waals surface area contributed by atoms with Gasteiger partial charge in [0.2, 0.25) is 0 Å². The summed E-state index contributed by atoms with van der Waals surface area (Å²) in [6.45, 7) is 2.27. The maximum absolute atomic E-state index is 12.0. The van der Waals surface area contributed by atoms with Crippen molar-refractivity contribution in [2.45, 2.75) is 6.92 Å². The van der Waals surface area contributed by atoms with E-state index in [9.17, 15) is 4.79 Å². The van der Waals surface area contributed by atoms with Crippen LogP contribution in [0.1, 0.15) is 12.5 Å². The van der Waals surface area contributed by atoms with Crippen molar-refractivity contribution in [1.29, 1.82) is 0 Å². The summed E-state index contributed by atoms with van der Waals surface area (Å²) >= 11 is 5.99. The first-order valence-corrected chi connectivity index (χ1v) is 8.90. The predicted molar refractivity (Wildman–Crippen MR) is 108 cm³/mol. The SMILES string of the molecule is CCOc1ccc2ccccc2c1/C=N\NC(=O)COc1ccccc1Cl. The minimum atomic E-state index is -0.385. The number of amides is 1. The minimum absolute atomic E-state index is 0.186. The number of hydrogen-bond acceptors (Lipinski definition) is 4. The van der Waals surface area contributed by atoms with Crippen molar-refractivity contribution in [2.24, 2.45) is 5.10 Å². The Kier molecular flexibility index (Phi) is 6.28. The van der Waals surface area contributed by atoms with E-state index in [0.29, 0.717) is 23.1 Å². The summed E-state index contributed by atoms with van der Waals surface area (Å²) in [5.74, 6) is 0.775. The van der Waals surface area contributed by atoms with Crippen LogP contribution in [0.4, 0.5) is 0 Å². The predicted octanol–water partition coefficient (Wildman–Crippen LogP) is 4.42. The first-order valence-electron chi connectivity index (χ1n) is 8.53. The number of ether oxygens (including phenoxy) is 2. The average Bonchev–Trinajstić information content (AvgIpc) is 2.69. The Labute approximate surface area is 162 Å². The number of rotatable bonds is 7. The molecular weight excluding hydrogens is 364 g/mol. The van der Waals surface area contributed by atoms with Gasteiger partial charge in [0.15, 0.2) is 6.61 Å². The van der Waals surface area contributed by atoms with E-state index in [1.807, 2.05) is 43.3 Å². The summed E-state index contributed by atoms with van der Waals surface area (Å²) < 4.78 is 11.1. The van der Waals surface area contributed by atoms with Crippen LogP contribution in [0.25, 0.3) is 10.8 Å². The number of nitrogens with one attached hydrogen (secondary N) is 1. The van der Waals surface area contributed by atoms with Crippen molar-refractivity contribution < 1.29 is 14.3 Å². The zero-order valence-corrected chi connectivity index (χ0v) is 15.6. The van der Waals surface area contributed by atoms with E-state index >= 15 is 0 Å². The fourth-order valence-corrected chi connectivity index (χ4v) is 2.79. The van der Waals surface area contributed by atoms with Gasteiger partial charge in [0.25, 0.3) is 5.91 Å². The molecule has 0 aliphatic heterocycles. The highest BCUT2D eigenvalue weighted by atomic mass is 35.5. The molecular formula is C21H19ClN2O3. The van der Waals surface area contributed by atoms with Crippen molar-refractivity contribution in [2.75, 3.05) is 13.2 Å². The van der Waals surface area contributed by atoms with Crippen LogP contribution in [-0.2, 0) is 4.79 Å². The summed E-state index contributed by atoms with van der Waals surface area (Å²) in [5.41, 5.74) is 3.27. The molecule has 0 bridgehead atoms. The maximum Gasteiger partial charge on any atom is 0.277 e. The van der Waals surface area contributed by atoms with Gasteiger partial charge in [-0.25, -0.2) is 5.43 Å². The van der Waals surface area contributed by atoms with E-state index in [-0.39, 0.29) is 12.5 Å². The minimum Gasteiger partial charge on any atom is -0.493 e. The average molecular weight is 383 g/mol. The van der Waals surface area contributed by atoms with Gasteiger partial charge in [-0.05, 0) is 35.9 Å². The van der Waals surface area contributed by atoms with Crippen molar-refractivity contribution in [3.8, 4) is 11.5 Å². The lowest BCUT2D eigenvalue weighted by molar-refractivity contribution is -0.123. The molecule has 5 nitrogen and oxygen atoms in total. The molecule has 0 atom stereocenters. The molecule has 6 heteroatoms. The van der Waals surface area contributed by atoms with E-state index < -0.39 is 0 Å². The molecule has 3 aromatic rings. The smallest absolute Gasteiger partial charge is 0.277 e. The zero-order valence-electron chi connectivity index (χ0n) is 14.8. The number of halogens is 1. The largest absolute Gasteiger partial charge is 0.493 e. The molecule has 0 saturated heterocycles. The van der Waals surface area contributed by atoms with Crippen LogP contribution in [0.5, 0.6) is 11.5 Å². The number of fused-ring (bicyclic) bond motifs is 1. The topological polar surface area (TPSA) is 59.9 Å². The van der Waals surface area contributed by atoms with E-state index in [0.717, 1.165) is 16.3 Å². The second-order valence-corrected chi connectivity index (χ2v) is 6.05. The van der Waals surface area contributed by atoms with Crippen LogP contribution < -0.4 is 14.9 Å². The standard InChI is InChI=1S/C21H19ClN2O3/c1-2-26-19-12-11-15-7-3-4-8-16(15)17(19)13-23-24-21(25)14-27-20-10-6-5-9-18(20)22/h3-13H,2,14H2,1H3,(H,24,25)/b23-13-. The van der Waals surface area contributed by atoms with Gasteiger partial charge in [-0.3, -0.25) is 4.79 Å². The van der Waals surface area contributed by atoms with Gasteiger partial charge >= 0.3 is 0 Å². The Morgan fingerprint density at radius 2 is 1.81 bits per heavy atom. The number of carbonyl (C=O) groups excluding carboxylic acids is 1. The van der Waals surface area contributed by atoms with Crippen LogP contribution in [0, 0.1) is 0 Å². The van der Waals surface area contributed by atoms with Gasteiger partial charge in [0, 0.05) is 5.56 Å². The Morgan fingerprint density at radius 1 is 1.04 bits per heavy atom. The van der Waals surface area contributed by atoms with Crippen LogP contribution in [0.2, 0.25) is 5.02 Å². The Hall–Kier alpha value is -3.05. The third-order valence-corrected chi connectivity index (χ3v) is 4.12. The molecule has 138 valence electrons. The van der Waals surface area contributed by atoms with Crippen LogP contribution >= 0.6 is 11.6 Å². The second kappa shape index (κ2) is 9.05. The Bertz CT molecular complexity index is 973. The number of carbonyl (C=O) groups is 1. The van der Waals surface area contributed by atoms with Gasteiger partial charge in [0.1, 0.15) is 11.5 Å². The quantitative estimate of drug-likeness (QED) is 0.486. The zero-order chi connectivity index (χ0) is 19.1. The molecule has 0 unspecified atom stereocenters. The monoisotopic (exact) mass is 382 g/mol. The van der Waals surface area contributed by atoms with E-state index in [1.54, 1.807) is 30.5 Å². The lowest BCUT2D eigenvalue weighted by atomic mass is 10.0. The Morgan fingerprint density at radius 3 is 2.63 bits per heavy atom. The van der Waals surface area contributed by atoms with Gasteiger partial charge in [-0.15, -0.1) is 0 Å². The highest BCUT2D eigenvalue weighted by Gasteiger charge is 2.08. The third-order valence-electron chi connectivity index (χ3n) is 3.81. The van der Waals surface area contributed by atoms with Crippen LogP contribution in [-0.4, -0.2) is 25.3 Å². The van der Waals surface area contributed by atoms with Crippen molar-refractivity contribution >= 4 is 34.5 Å². The summed E-state index contributed by atoms with van der Waals surface area (Å²) in [5, 5.41) is 6.56. The number of hydrazone groups is 1. The summed E-state index contributed by atoms with van der Waals surface area (Å²) in [7, 11) is 0. The van der Waals surface area contributed by atoms with Crippen molar-refractivity contribution in [1.82, 2.24) is 5.43 Å². The summed E-state index contributed by atoms with van der Waals surface area (Å²) in [4.78, 5) is 12.0. The summed E-state index contributed by atoms with van der Waals surface area (Å²) in [6, 6.07) is 18.8. The van der Waals surface area contributed by atoms with Gasteiger partial charge in [-0.1, -0.05) is 54.1 Å². The molecule has 0 fully saturated rings. The Balaban J connectivity index is 1.69. The molecule has 0 aromatic heterocycles.